The molecule has 2 nitrogen and oxygen atoms in total. The first-order chi connectivity index (χ1) is 4.13. The van der Waals surface area contributed by atoms with Gasteiger partial charge in [-0.05, 0) is 18.3 Å². The first-order valence-corrected chi connectivity index (χ1v) is 3.35. The molecule has 0 amide bonds. The van der Waals surface area contributed by atoms with Gasteiger partial charge in [0.2, 0.25) is 0 Å². The van der Waals surface area contributed by atoms with Crippen molar-refractivity contribution >= 4 is 5.97 Å². The highest BCUT2D eigenvalue weighted by atomic mass is 16.4. The highest BCUT2D eigenvalue weighted by Gasteiger charge is 2.39. The Labute approximate surface area is 54.9 Å². The van der Waals surface area contributed by atoms with Crippen molar-refractivity contribution in [2.45, 2.75) is 20.3 Å². The first-order valence-electron chi connectivity index (χ1n) is 3.35. The Morgan fingerprint density at radius 2 is 2.11 bits per heavy atom. The van der Waals surface area contributed by atoms with E-state index >= 15 is 0 Å². The molecule has 0 aromatic heterocycles. The molecule has 0 aromatic carbocycles. The second-order valence-electron chi connectivity index (χ2n) is 3.02. The number of carboxylic acids is 1. The van der Waals surface area contributed by atoms with E-state index in [0.29, 0.717) is 11.8 Å². The summed E-state index contributed by atoms with van der Waals surface area (Å²) in [6.07, 6.45) is 0.872. The van der Waals surface area contributed by atoms with Crippen molar-refractivity contribution in [3.05, 3.63) is 0 Å². The summed E-state index contributed by atoms with van der Waals surface area (Å²) in [4.78, 5) is 10.3. The van der Waals surface area contributed by atoms with Gasteiger partial charge in [-0.1, -0.05) is 13.8 Å². The average Bonchev–Trinajstić information content (AvgIpc) is 1.81. The van der Waals surface area contributed by atoms with E-state index in [1.807, 2.05) is 6.92 Å². The van der Waals surface area contributed by atoms with Crippen molar-refractivity contribution in [3.8, 4) is 0 Å². The zero-order valence-electron chi connectivity index (χ0n) is 5.79. The van der Waals surface area contributed by atoms with E-state index in [2.05, 4.69) is 6.92 Å². The van der Waals surface area contributed by atoms with Gasteiger partial charge >= 0.3 is 5.97 Å². The Balaban J connectivity index is 2.42. The van der Waals surface area contributed by atoms with Crippen molar-refractivity contribution in [2.75, 3.05) is 0 Å². The monoisotopic (exact) mass is 128 g/mol. The smallest absolute Gasteiger partial charge is 0.306 e. The van der Waals surface area contributed by atoms with Crippen LogP contribution in [0.2, 0.25) is 0 Å². The molecule has 9 heavy (non-hydrogen) atoms. The molecule has 1 saturated carbocycles. The molecule has 1 aliphatic rings. The molecule has 3 atom stereocenters. The van der Waals surface area contributed by atoms with Crippen LogP contribution in [0.15, 0.2) is 0 Å². The summed E-state index contributed by atoms with van der Waals surface area (Å²) in [6, 6.07) is 0. The van der Waals surface area contributed by atoms with E-state index in [0.717, 1.165) is 6.42 Å². The van der Waals surface area contributed by atoms with Gasteiger partial charge in [0, 0.05) is 0 Å². The van der Waals surface area contributed by atoms with Gasteiger partial charge in [0.05, 0.1) is 5.92 Å². The largest absolute Gasteiger partial charge is 0.481 e. The lowest BCUT2D eigenvalue weighted by atomic mass is 9.67. The zero-order valence-corrected chi connectivity index (χ0v) is 5.79. The maximum atomic E-state index is 10.3. The minimum atomic E-state index is -0.624. The van der Waals surface area contributed by atoms with Crippen LogP contribution in [0.5, 0.6) is 0 Å². The van der Waals surface area contributed by atoms with Crippen LogP contribution in [0.4, 0.5) is 0 Å². The molecule has 0 spiro atoms. The van der Waals surface area contributed by atoms with Crippen molar-refractivity contribution in [1.29, 1.82) is 0 Å². The van der Waals surface area contributed by atoms with E-state index in [4.69, 9.17) is 5.11 Å². The number of hydrogen-bond acceptors (Lipinski definition) is 1. The molecule has 1 fully saturated rings. The fraction of sp³-hybridized carbons (Fsp3) is 0.857. The lowest BCUT2D eigenvalue weighted by Gasteiger charge is -2.37. The van der Waals surface area contributed by atoms with E-state index < -0.39 is 5.97 Å². The van der Waals surface area contributed by atoms with E-state index in [9.17, 15) is 4.79 Å². The Bertz CT molecular complexity index is 131. The van der Waals surface area contributed by atoms with Crippen LogP contribution in [0.3, 0.4) is 0 Å². The summed E-state index contributed by atoms with van der Waals surface area (Å²) < 4.78 is 0. The predicted molar refractivity (Wildman–Crippen MR) is 34.1 cm³/mol. The van der Waals surface area contributed by atoms with Gasteiger partial charge in [-0.2, -0.15) is 0 Å². The fourth-order valence-corrected chi connectivity index (χ4v) is 1.36. The van der Waals surface area contributed by atoms with Crippen molar-refractivity contribution in [3.63, 3.8) is 0 Å². The van der Waals surface area contributed by atoms with Crippen LogP contribution in [0.25, 0.3) is 0 Å². The standard InChI is InChI=1S/C7H12O2/c1-4-3-6(5(4)2)7(8)9/h4-6H,3H2,1-2H3,(H,8,9)/t4-,5-,6+/m1/s1. The van der Waals surface area contributed by atoms with Crippen LogP contribution in [-0.4, -0.2) is 11.1 Å². The molecular weight excluding hydrogens is 116 g/mol. The molecule has 52 valence electrons. The van der Waals surface area contributed by atoms with Gasteiger partial charge in [-0.15, -0.1) is 0 Å². The summed E-state index contributed by atoms with van der Waals surface area (Å²) in [5.74, 6) is 0.328. The molecule has 1 rings (SSSR count). The lowest BCUT2D eigenvalue weighted by Crippen LogP contribution is -2.37. The quantitative estimate of drug-likeness (QED) is 0.579. The van der Waals surface area contributed by atoms with Gasteiger partial charge < -0.3 is 5.11 Å². The van der Waals surface area contributed by atoms with Gasteiger partial charge in [0.25, 0.3) is 0 Å². The molecule has 1 N–H and O–H groups in total. The average molecular weight is 128 g/mol. The Hall–Kier alpha value is -0.530. The minimum absolute atomic E-state index is 0.0556. The highest BCUT2D eigenvalue weighted by Crippen LogP contribution is 2.39. The van der Waals surface area contributed by atoms with Gasteiger partial charge in [0.1, 0.15) is 0 Å². The molecular formula is C7H12O2. The molecule has 0 heterocycles. The van der Waals surface area contributed by atoms with Crippen LogP contribution in [0.1, 0.15) is 20.3 Å². The lowest BCUT2D eigenvalue weighted by molar-refractivity contribution is -0.149. The first kappa shape index (κ1) is 6.59. The second kappa shape index (κ2) is 2.01. The van der Waals surface area contributed by atoms with E-state index in [1.54, 1.807) is 0 Å². The fourth-order valence-electron chi connectivity index (χ4n) is 1.36. The van der Waals surface area contributed by atoms with Crippen molar-refractivity contribution in [1.82, 2.24) is 0 Å². The molecule has 1 aliphatic carbocycles. The van der Waals surface area contributed by atoms with Crippen LogP contribution >= 0.6 is 0 Å². The van der Waals surface area contributed by atoms with Gasteiger partial charge in [-0.3, -0.25) is 4.79 Å². The third-order valence-electron chi connectivity index (χ3n) is 2.48. The number of aliphatic carboxylic acids is 1. The van der Waals surface area contributed by atoms with Gasteiger partial charge in [0.15, 0.2) is 0 Å². The summed E-state index contributed by atoms with van der Waals surface area (Å²) >= 11 is 0. The maximum Gasteiger partial charge on any atom is 0.306 e. The molecule has 0 saturated heterocycles. The summed E-state index contributed by atoms with van der Waals surface area (Å²) in [5.41, 5.74) is 0. The Morgan fingerprint density at radius 3 is 2.22 bits per heavy atom. The van der Waals surface area contributed by atoms with Crippen molar-refractivity contribution < 1.29 is 9.90 Å². The third kappa shape index (κ3) is 0.934. The van der Waals surface area contributed by atoms with E-state index in [-0.39, 0.29) is 5.92 Å². The normalized spacial score (nSPS) is 41.8. The number of hydrogen-bond donors (Lipinski definition) is 1. The summed E-state index contributed by atoms with van der Waals surface area (Å²) in [5, 5.41) is 8.52. The van der Waals surface area contributed by atoms with E-state index in [1.165, 1.54) is 0 Å². The molecule has 0 aliphatic heterocycles. The molecule has 0 unspecified atom stereocenters. The van der Waals surface area contributed by atoms with Crippen LogP contribution in [0, 0.1) is 17.8 Å². The maximum absolute atomic E-state index is 10.3. The van der Waals surface area contributed by atoms with Gasteiger partial charge in [-0.25, -0.2) is 0 Å². The zero-order chi connectivity index (χ0) is 7.02. The molecule has 0 aromatic rings. The SMILES string of the molecule is C[C@@H]1[C@H](C)C[C@@H]1C(=O)O. The van der Waals surface area contributed by atoms with Crippen molar-refractivity contribution in [2.24, 2.45) is 17.8 Å². The molecule has 0 bridgehead atoms. The molecule has 0 radical (unpaired) electrons. The number of carbonyl (C=O) groups is 1. The number of carboxylic acid groups (broad SMARTS) is 1. The third-order valence-corrected chi connectivity index (χ3v) is 2.48. The summed E-state index contributed by atoms with van der Waals surface area (Å²) in [6.45, 7) is 4.11. The predicted octanol–water partition coefficient (Wildman–Crippen LogP) is 1.36. The molecule has 2 heteroatoms. The Kier molecular flexibility index (Phi) is 1.47. The number of rotatable bonds is 1. The topological polar surface area (TPSA) is 37.3 Å². The Morgan fingerprint density at radius 1 is 1.56 bits per heavy atom. The van der Waals surface area contributed by atoms with Crippen LogP contribution < -0.4 is 0 Å². The minimum Gasteiger partial charge on any atom is -0.481 e. The van der Waals surface area contributed by atoms with Crippen LogP contribution in [-0.2, 0) is 4.79 Å². The highest BCUT2D eigenvalue weighted by molar-refractivity contribution is 5.71. The summed E-state index contributed by atoms with van der Waals surface area (Å²) in [7, 11) is 0. The second-order valence-corrected chi connectivity index (χ2v) is 3.02.